The number of hydrogen-bond acceptors (Lipinski definition) is 5. The van der Waals surface area contributed by atoms with Crippen molar-refractivity contribution in [2.75, 3.05) is 11.3 Å². The average molecular weight is 528 g/mol. The lowest BCUT2D eigenvalue weighted by molar-refractivity contribution is 0.0955. The Balaban J connectivity index is 1.75. The Bertz CT molecular complexity index is 1710. The monoisotopic (exact) mass is 527 g/mol. The predicted octanol–water partition coefficient (Wildman–Crippen LogP) is 5.27. The van der Waals surface area contributed by atoms with E-state index in [9.17, 15) is 13.2 Å². The summed E-state index contributed by atoms with van der Waals surface area (Å²) in [6.07, 6.45) is 1.71. The maximum atomic E-state index is 13.6. The van der Waals surface area contributed by atoms with Crippen LogP contribution in [0, 0.1) is 6.92 Å². The Hall–Kier alpha value is -4.24. The Morgan fingerprint density at radius 1 is 0.895 bits per heavy atom. The number of para-hydroxylation sites is 2. The summed E-state index contributed by atoms with van der Waals surface area (Å²) in [6, 6.07) is 23.6. The van der Waals surface area contributed by atoms with E-state index in [4.69, 9.17) is 9.97 Å². The van der Waals surface area contributed by atoms with Crippen LogP contribution in [0.1, 0.15) is 41.3 Å². The van der Waals surface area contributed by atoms with Gasteiger partial charge in [-0.3, -0.25) is 9.52 Å². The molecule has 5 aromatic rings. The van der Waals surface area contributed by atoms with Gasteiger partial charge >= 0.3 is 0 Å². The number of fused-ring (bicyclic) bond motifs is 2. The van der Waals surface area contributed by atoms with Crippen LogP contribution in [0.15, 0.2) is 83.8 Å². The minimum Gasteiger partial charge on any atom is -0.352 e. The van der Waals surface area contributed by atoms with E-state index < -0.39 is 15.9 Å². The van der Waals surface area contributed by atoms with Crippen LogP contribution in [-0.4, -0.2) is 35.4 Å². The molecule has 5 rings (SSSR count). The highest BCUT2D eigenvalue weighted by Crippen LogP contribution is 2.32. The Labute approximate surface area is 221 Å². The van der Waals surface area contributed by atoms with Gasteiger partial charge in [-0.1, -0.05) is 73.5 Å². The minimum absolute atomic E-state index is 0.100. The van der Waals surface area contributed by atoms with Crippen LogP contribution < -0.4 is 10.0 Å². The van der Waals surface area contributed by atoms with Crippen molar-refractivity contribution in [3.63, 3.8) is 0 Å². The highest BCUT2D eigenvalue weighted by Gasteiger charge is 2.29. The molecule has 0 fully saturated rings. The molecular weight excluding hydrogens is 498 g/mol. The van der Waals surface area contributed by atoms with Gasteiger partial charge in [0.15, 0.2) is 5.65 Å². The van der Waals surface area contributed by atoms with Crippen molar-refractivity contribution in [1.82, 2.24) is 19.9 Å². The zero-order valence-corrected chi connectivity index (χ0v) is 22.1. The van der Waals surface area contributed by atoms with Crippen LogP contribution in [0.2, 0.25) is 0 Å². The molecule has 2 aromatic heterocycles. The van der Waals surface area contributed by atoms with Crippen LogP contribution in [0.25, 0.3) is 22.2 Å². The largest absolute Gasteiger partial charge is 0.352 e. The number of benzene rings is 3. The Kier molecular flexibility index (Phi) is 7.11. The van der Waals surface area contributed by atoms with E-state index in [1.165, 1.54) is 0 Å². The number of rotatable bonds is 9. The van der Waals surface area contributed by atoms with Crippen molar-refractivity contribution in [2.24, 2.45) is 0 Å². The van der Waals surface area contributed by atoms with Crippen molar-refractivity contribution in [2.45, 2.75) is 38.1 Å². The fraction of sp³-hybridized carbons (Fsp3) is 0.207. The van der Waals surface area contributed by atoms with E-state index >= 15 is 0 Å². The SMILES string of the molecule is CCCCNC(=O)c1c(NS(=O)(=O)c2ccc(C)cc2)n(Cc2ccccc2)c2nc3ccccc3nc12. The smallest absolute Gasteiger partial charge is 0.263 e. The zero-order valence-electron chi connectivity index (χ0n) is 21.3. The first kappa shape index (κ1) is 25.4. The lowest BCUT2D eigenvalue weighted by Crippen LogP contribution is -2.26. The molecule has 194 valence electrons. The summed E-state index contributed by atoms with van der Waals surface area (Å²) in [6.45, 7) is 4.68. The maximum Gasteiger partial charge on any atom is 0.263 e. The molecule has 0 aliphatic rings. The molecular formula is C29H29N5O3S. The van der Waals surface area contributed by atoms with E-state index in [0.717, 1.165) is 24.0 Å². The fourth-order valence-electron chi connectivity index (χ4n) is 4.31. The van der Waals surface area contributed by atoms with Gasteiger partial charge in [0.2, 0.25) is 0 Å². The summed E-state index contributed by atoms with van der Waals surface area (Å²) in [5, 5.41) is 2.94. The van der Waals surface area contributed by atoms with E-state index in [1.807, 2.05) is 68.4 Å². The van der Waals surface area contributed by atoms with Crippen LogP contribution in [-0.2, 0) is 16.6 Å². The van der Waals surface area contributed by atoms with Gasteiger partial charge in [0.25, 0.3) is 15.9 Å². The third-order valence-corrected chi connectivity index (χ3v) is 7.69. The number of carbonyl (C=O) groups excluding carboxylic acids is 1. The summed E-state index contributed by atoms with van der Waals surface area (Å²) in [5.41, 5.74) is 4.06. The lowest BCUT2D eigenvalue weighted by atomic mass is 10.2. The normalized spacial score (nSPS) is 11.6. The summed E-state index contributed by atoms with van der Waals surface area (Å²) in [4.78, 5) is 23.3. The summed E-state index contributed by atoms with van der Waals surface area (Å²) in [5.74, 6) is -0.268. The van der Waals surface area contributed by atoms with Crippen molar-refractivity contribution in [3.05, 3.63) is 95.6 Å². The second-order valence-corrected chi connectivity index (χ2v) is 10.9. The van der Waals surface area contributed by atoms with Crippen molar-refractivity contribution >= 4 is 43.9 Å². The van der Waals surface area contributed by atoms with Crippen molar-refractivity contribution in [1.29, 1.82) is 0 Å². The molecule has 0 saturated carbocycles. The molecule has 0 radical (unpaired) electrons. The van der Waals surface area contributed by atoms with Gasteiger partial charge < -0.3 is 9.88 Å². The predicted molar refractivity (Wildman–Crippen MR) is 150 cm³/mol. The number of nitrogens with one attached hydrogen (secondary N) is 2. The topological polar surface area (TPSA) is 106 Å². The van der Waals surface area contributed by atoms with Gasteiger partial charge in [-0.25, -0.2) is 18.4 Å². The quantitative estimate of drug-likeness (QED) is 0.254. The van der Waals surface area contributed by atoms with Crippen LogP contribution in [0.4, 0.5) is 5.82 Å². The molecule has 0 bridgehead atoms. The second kappa shape index (κ2) is 10.6. The molecule has 0 aliphatic carbocycles. The minimum atomic E-state index is -4.03. The summed E-state index contributed by atoms with van der Waals surface area (Å²) >= 11 is 0. The molecule has 8 nitrogen and oxygen atoms in total. The van der Waals surface area contributed by atoms with Crippen molar-refractivity contribution < 1.29 is 13.2 Å². The van der Waals surface area contributed by atoms with Gasteiger partial charge in [-0.15, -0.1) is 0 Å². The molecule has 0 saturated heterocycles. The molecule has 2 N–H and O–H groups in total. The highest BCUT2D eigenvalue weighted by atomic mass is 32.2. The van der Waals surface area contributed by atoms with Crippen LogP contribution in [0.3, 0.4) is 0 Å². The summed E-state index contributed by atoms with van der Waals surface area (Å²) < 4.78 is 31.6. The number of anilines is 1. The van der Waals surface area contributed by atoms with Crippen molar-refractivity contribution in [3.8, 4) is 0 Å². The number of amides is 1. The highest BCUT2D eigenvalue weighted by molar-refractivity contribution is 7.92. The molecule has 9 heteroatoms. The molecule has 2 heterocycles. The zero-order chi connectivity index (χ0) is 26.7. The third kappa shape index (κ3) is 5.10. The second-order valence-electron chi connectivity index (χ2n) is 9.21. The van der Waals surface area contributed by atoms with Gasteiger partial charge in [-0.2, -0.15) is 0 Å². The first-order valence-electron chi connectivity index (χ1n) is 12.6. The number of hydrogen-bond donors (Lipinski definition) is 2. The average Bonchev–Trinajstić information content (AvgIpc) is 3.19. The number of aromatic nitrogens is 3. The number of nitrogens with zero attached hydrogens (tertiary/aromatic N) is 3. The van der Waals surface area contributed by atoms with E-state index in [-0.39, 0.29) is 16.3 Å². The van der Waals surface area contributed by atoms with Gasteiger partial charge in [-0.05, 0) is 43.2 Å². The Morgan fingerprint density at radius 3 is 2.24 bits per heavy atom. The van der Waals surface area contributed by atoms with Crippen LogP contribution >= 0.6 is 0 Å². The molecule has 0 atom stereocenters. The van der Waals surface area contributed by atoms with E-state index in [1.54, 1.807) is 28.8 Å². The third-order valence-electron chi connectivity index (χ3n) is 6.34. The fourth-order valence-corrected chi connectivity index (χ4v) is 5.39. The molecule has 0 unspecified atom stereocenters. The molecule has 1 amide bonds. The molecule has 0 spiro atoms. The van der Waals surface area contributed by atoms with Gasteiger partial charge in [0.1, 0.15) is 16.9 Å². The maximum absolute atomic E-state index is 13.6. The Morgan fingerprint density at radius 2 is 1.55 bits per heavy atom. The van der Waals surface area contributed by atoms with Gasteiger partial charge in [0, 0.05) is 6.54 Å². The van der Waals surface area contributed by atoms with E-state index in [0.29, 0.717) is 35.3 Å². The number of unbranched alkanes of at least 4 members (excludes halogenated alkanes) is 1. The number of sulfonamides is 1. The first-order chi connectivity index (χ1) is 18.4. The molecule has 38 heavy (non-hydrogen) atoms. The molecule has 0 aliphatic heterocycles. The number of aryl methyl sites for hydroxylation is 1. The van der Waals surface area contributed by atoms with Crippen LogP contribution in [0.5, 0.6) is 0 Å². The number of carbonyl (C=O) groups is 1. The van der Waals surface area contributed by atoms with Gasteiger partial charge in [0.05, 0.1) is 22.5 Å². The molecule has 3 aromatic carbocycles. The first-order valence-corrected chi connectivity index (χ1v) is 14.1. The lowest BCUT2D eigenvalue weighted by Gasteiger charge is -2.15. The standard InChI is InChI=1S/C29H29N5O3S/c1-3-4-18-30-29(35)25-26-28(32-24-13-9-8-12-23(24)31-26)34(19-21-10-6-5-7-11-21)27(25)33-38(36,37)22-16-14-20(2)15-17-22/h5-17,33H,3-4,18-19H2,1-2H3,(H,30,35). The summed E-state index contributed by atoms with van der Waals surface area (Å²) in [7, 11) is -4.03. The van der Waals surface area contributed by atoms with E-state index in [2.05, 4.69) is 10.0 Å².